The van der Waals surface area contributed by atoms with Crippen LogP contribution in [0.5, 0.6) is 0 Å². The van der Waals surface area contributed by atoms with E-state index in [1.165, 1.54) is 11.3 Å². The van der Waals surface area contributed by atoms with E-state index in [-0.39, 0.29) is 0 Å². The van der Waals surface area contributed by atoms with Gasteiger partial charge in [-0.1, -0.05) is 0 Å². The predicted molar refractivity (Wildman–Crippen MR) is 74.9 cm³/mol. The zero-order valence-electron chi connectivity index (χ0n) is 9.12. The van der Waals surface area contributed by atoms with Gasteiger partial charge >= 0.3 is 0 Å². The maximum absolute atomic E-state index is 11.9. The maximum Gasteiger partial charge on any atom is 0.241 e. The molecule has 1 aromatic heterocycles. The number of nitrogens with one attached hydrogen (secondary N) is 1. The fourth-order valence-corrected chi connectivity index (χ4v) is 5.12. The molecular formula is C9H14BrNO2S3. The van der Waals surface area contributed by atoms with Gasteiger partial charge in [-0.25, -0.2) is 13.1 Å². The van der Waals surface area contributed by atoms with Gasteiger partial charge in [-0.2, -0.15) is 11.8 Å². The van der Waals surface area contributed by atoms with E-state index in [1.54, 1.807) is 17.8 Å². The zero-order valence-corrected chi connectivity index (χ0v) is 13.2. The van der Waals surface area contributed by atoms with Crippen molar-refractivity contribution in [2.45, 2.75) is 18.2 Å². The first-order valence-corrected chi connectivity index (χ1v) is 9.20. The fraction of sp³-hybridized carbons (Fsp3) is 0.556. The topological polar surface area (TPSA) is 46.2 Å². The summed E-state index contributed by atoms with van der Waals surface area (Å²) in [5, 5.41) is 0. The van der Waals surface area contributed by atoms with Crippen LogP contribution < -0.4 is 4.72 Å². The molecule has 0 radical (unpaired) electrons. The highest BCUT2D eigenvalue weighted by molar-refractivity contribution is 9.11. The molecule has 0 atom stereocenters. The van der Waals surface area contributed by atoms with Gasteiger partial charge in [0.2, 0.25) is 10.0 Å². The van der Waals surface area contributed by atoms with E-state index < -0.39 is 10.0 Å². The fourth-order valence-electron chi connectivity index (χ4n) is 1.20. The quantitative estimate of drug-likeness (QED) is 0.807. The van der Waals surface area contributed by atoms with Crippen LogP contribution in [0.15, 0.2) is 14.7 Å². The van der Waals surface area contributed by atoms with E-state index >= 15 is 0 Å². The SMILES string of the molecule is CSCCCNS(=O)(=O)c1cc(Br)sc1C. The molecular weight excluding hydrogens is 330 g/mol. The monoisotopic (exact) mass is 343 g/mol. The Labute approximate surface area is 113 Å². The molecule has 16 heavy (non-hydrogen) atoms. The minimum Gasteiger partial charge on any atom is -0.211 e. The molecule has 1 N–H and O–H groups in total. The number of halogens is 1. The number of rotatable bonds is 6. The molecule has 0 aromatic carbocycles. The van der Waals surface area contributed by atoms with Crippen LogP contribution in [0.25, 0.3) is 0 Å². The summed E-state index contributed by atoms with van der Waals surface area (Å²) in [5.74, 6) is 0.967. The number of thiophene rings is 1. The molecule has 0 amide bonds. The lowest BCUT2D eigenvalue weighted by atomic mass is 10.5. The van der Waals surface area contributed by atoms with E-state index in [1.807, 2.05) is 13.2 Å². The van der Waals surface area contributed by atoms with Gasteiger partial charge in [-0.3, -0.25) is 0 Å². The lowest BCUT2D eigenvalue weighted by Gasteiger charge is -2.05. The third-order valence-corrected chi connectivity index (χ3v) is 5.92. The van der Waals surface area contributed by atoms with E-state index in [4.69, 9.17) is 0 Å². The molecule has 0 aliphatic carbocycles. The predicted octanol–water partition coefficient (Wildman–Crippen LogP) is 2.85. The molecule has 0 fully saturated rings. The van der Waals surface area contributed by atoms with Crippen molar-refractivity contribution in [3.8, 4) is 0 Å². The minimum absolute atomic E-state index is 0.383. The summed E-state index contributed by atoms with van der Waals surface area (Å²) in [6.07, 6.45) is 2.86. The van der Waals surface area contributed by atoms with Crippen molar-refractivity contribution in [3.05, 3.63) is 14.7 Å². The summed E-state index contributed by atoms with van der Waals surface area (Å²) in [4.78, 5) is 1.19. The van der Waals surface area contributed by atoms with Crippen LogP contribution in [0.3, 0.4) is 0 Å². The first kappa shape index (κ1) is 14.5. The van der Waals surface area contributed by atoms with E-state index in [9.17, 15) is 8.42 Å². The van der Waals surface area contributed by atoms with Crippen molar-refractivity contribution >= 4 is 49.1 Å². The molecule has 1 aromatic rings. The zero-order chi connectivity index (χ0) is 12.2. The van der Waals surface area contributed by atoms with Gasteiger partial charge in [-0.05, 0) is 47.3 Å². The molecule has 0 saturated carbocycles. The van der Waals surface area contributed by atoms with Crippen molar-refractivity contribution in [2.24, 2.45) is 0 Å². The molecule has 92 valence electrons. The van der Waals surface area contributed by atoms with Gasteiger partial charge in [0, 0.05) is 11.4 Å². The van der Waals surface area contributed by atoms with Crippen LogP contribution in [-0.2, 0) is 10.0 Å². The first-order chi connectivity index (χ1) is 7.47. The molecule has 3 nitrogen and oxygen atoms in total. The summed E-state index contributed by atoms with van der Waals surface area (Å²) in [7, 11) is -3.33. The Kier molecular flexibility index (Phi) is 5.79. The lowest BCUT2D eigenvalue weighted by Crippen LogP contribution is -2.25. The maximum atomic E-state index is 11.9. The Bertz CT molecular complexity index is 442. The van der Waals surface area contributed by atoms with Crippen molar-refractivity contribution in [2.75, 3.05) is 18.6 Å². The van der Waals surface area contributed by atoms with Gasteiger partial charge in [-0.15, -0.1) is 11.3 Å². The summed E-state index contributed by atoms with van der Waals surface area (Å²) < 4.78 is 27.2. The second-order valence-electron chi connectivity index (χ2n) is 3.22. The number of thioether (sulfide) groups is 1. The number of aryl methyl sites for hydroxylation is 1. The number of hydrogen-bond donors (Lipinski definition) is 1. The van der Waals surface area contributed by atoms with Crippen LogP contribution in [0.1, 0.15) is 11.3 Å². The van der Waals surface area contributed by atoms with Crippen molar-refractivity contribution < 1.29 is 8.42 Å². The van der Waals surface area contributed by atoms with E-state index in [2.05, 4.69) is 20.7 Å². The van der Waals surface area contributed by atoms with Crippen molar-refractivity contribution in [1.82, 2.24) is 4.72 Å². The van der Waals surface area contributed by atoms with Crippen molar-refractivity contribution in [1.29, 1.82) is 0 Å². The Morgan fingerprint density at radius 1 is 1.56 bits per heavy atom. The molecule has 0 bridgehead atoms. The van der Waals surface area contributed by atoms with Crippen LogP contribution >= 0.6 is 39.0 Å². The molecule has 0 unspecified atom stereocenters. The molecule has 1 heterocycles. The highest BCUT2D eigenvalue weighted by atomic mass is 79.9. The Morgan fingerprint density at radius 2 is 2.25 bits per heavy atom. The molecule has 7 heteroatoms. The summed E-state index contributed by atoms with van der Waals surface area (Å²) in [6, 6.07) is 1.65. The number of sulfonamides is 1. The molecule has 0 aliphatic rings. The second kappa shape index (κ2) is 6.39. The van der Waals surface area contributed by atoms with Crippen LogP contribution in [0.4, 0.5) is 0 Å². The van der Waals surface area contributed by atoms with Crippen LogP contribution in [-0.4, -0.2) is 27.0 Å². The third kappa shape index (κ3) is 4.03. The van der Waals surface area contributed by atoms with Crippen LogP contribution in [0, 0.1) is 6.92 Å². The molecule has 1 rings (SSSR count). The largest absolute Gasteiger partial charge is 0.241 e. The van der Waals surface area contributed by atoms with Gasteiger partial charge in [0.05, 0.1) is 8.68 Å². The van der Waals surface area contributed by atoms with Gasteiger partial charge in [0.25, 0.3) is 0 Å². The van der Waals surface area contributed by atoms with Gasteiger partial charge in [0.1, 0.15) is 0 Å². The Balaban J connectivity index is 2.67. The Morgan fingerprint density at radius 3 is 2.75 bits per heavy atom. The smallest absolute Gasteiger partial charge is 0.211 e. The lowest BCUT2D eigenvalue weighted by molar-refractivity contribution is 0.581. The summed E-state index contributed by atoms with van der Waals surface area (Å²) in [5.41, 5.74) is 0. The van der Waals surface area contributed by atoms with E-state index in [0.29, 0.717) is 11.4 Å². The van der Waals surface area contributed by atoms with Gasteiger partial charge in [0.15, 0.2) is 0 Å². The molecule has 0 saturated heterocycles. The third-order valence-electron chi connectivity index (χ3n) is 1.95. The normalized spacial score (nSPS) is 11.9. The summed E-state index contributed by atoms with van der Waals surface area (Å²) >= 11 is 6.44. The number of hydrogen-bond acceptors (Lipinski definition) is 4. The van der Waals surface area contributed by atoms with Crippen molar-refractivity contribution in [3.63, 3.8) is 0 Å². The standard InChI is InChI=1S/C9H14BrNO2S3/c1-7-8(6-9(10)15-7)16(12,13)11-4-3-5-14-2/h6,11H,3-5H2,1-2H3. The van der Waals surface area contributed by atoms with Gasteiger partial charge < -0.3 is 0 Å². The molecule has 0 spiro atoms. The average Bonchev–Trinajstić information content (AvgIpc) is 2.53. The summed E-state index contributed by atoms with van der Waals surface area (Å²) in [6.45, 7) is 2.31. The van der Waals surface area contributed by atoms with E-state index in [0.717, 1.165) is 20.8 Å². The minimum atomic E-state index is -3.33. The second-order valence-corrected chi connectivity index (χ2v) is 8.57. The van der Waals surface area contributed by atoms with Crippen LogP contribution in [0.2, 0.25) is 0 Å². The first-order valence-electron chi connectivity index (χ1n) is 4.72. The average molecular weight is 344 g/mol. The highest BCUT2D eigenvalue weighted by Crippen LogP contribution is 2.29. The highest BCUT2D eigenvalue weighted by Gasteiger charge is 2.18. The molecule has 0 aliphatic heterocycles. The Hall–Kier alpha value is 0.440.